The highest BCUT2D eigenvalue weighted by molar-refractivity contribution is 7.92. The van der Waals surface area contributed by atoms with Crippen molar-refractivity contribution in [3.63, 3.8) is 0 Å². The molecule has 0 aromatic heterocycles. The fraction of sp³-hybridized carbons (Fsp3) is 0.480. The number of carbonyl (C=O) groups excluding carboxylic acids is 1. The van der Waals surface area contributed by atoms with Gasteiger partial charge in [-0.3, -0.25) is 9.10 Å². The average molecular weight is 459 g/mol. The molecule has 6 nitrogen and oxygen atoms in total. The van der Waals surface area contributed by atoms with Crippen LogP contribution in [-0.4, -0.2) is 32.7 Å². The van der Waals surface area contributed by atoms with Crippen molar-refractivity contribution < 1.29 is 17.9 Å². The second kappa shape index (κ2) is 9.14. The van der Waals surface area contributed by atoms with E-state index < -0.39 is 10.0 Å². The van der Waals surface area contributed by atoms with Gasteiger partial charge in [0, 0.05) is 24.9 Å². The lowest BCUT2D eigenvalue weighted by atomic mass is 9.89. The Morgan fingerprint density at radius 2 is 1.75 bits per heavy atom. The van der Waals surface area contributed by atoms with Crippen LogP contribution in [0.5, 0.6) is 5.75 Å². The summed E-state index contributed by atoms with van der Waals surface area (Å²) in [5.41, 5.74) is 4.36. The Balaban J connectivity index is 1.66. The number of ether oxygens (including phenoxy) is 1. The summed E-state index contributed by atoms with van der Waals surface area (Å²) in [5, 5.41) is 3.13. The lowest BCUT2D eigenvalue weighted by Gasteiger charge is -2.38. The molecule has 0 radical (unpaired) electrons. The zero-order valence-corrected chi connectivity index (χ0v) is 20.7. The van der Waals surface area contributed by atoms with Crippen molar-refractivity contribution in [2.24, 2.45) is 0 Å². The minimum Gasteiger partial charge on any atom is -0.487 e. The largest absolute Gasteiger partial charge is 0.487 e. The van der Waals surface area contributed by atoms with Crippen LogP contribution >= 0.6 is 0 Å². The number of sulfonamides is 1. The highest BCUT2D eigenvalue weighted by Crippen LogP contribution is 2.40. The molecule has 0 aliphatic carbocycles. The van der Waals surface area contributed by atoms with Gasteiger partial charge in [0.1, 0.15) is 11.4 Å². The molecule has 2 aromatic carbocycles. The van der Waals surface area contributed by atoms with E-state index in [4.69, 9.17) is 4.74 Å². The van der Waals surface area contributed by atoms with E-state index in [9.17, 15) is 13.2 Å². The number of amides is 1. The Bertz CT molecular complexity index is 1090. The normalized spacial score (nSPS) is 17.2. The molecule has 1 atom stereocenters. The van der Waals surface area contributed by atoms with E-state index in [-0.39, 0.29) is 30.5 Å². The van der Waals surface area contributed by atoms with E-state index in [2.05, 4.69) is 5.32 Å². The van der Waals surface area contributed by atoms with Gasteiger partial charge < -0.3 is 10.1 Å². The third-order valence-electron chi connectivity index (χ3n) is 5.62. The summed E-state index contributed by atoms with van der Waals surface area (Å²) >= 11 is 0. The van der Waals surface area contributed by atoms with Crippen molar-refractivity contribution >= 4 is 21.6 Å². The Morgan fingerprint density at radius 3 is 2.38 bits per heavy atom. The van der Waals surface area contributed by atoms with E-state index in [1.54, 1.807) is 0 Å². The molecule has 7 heteroatoms. The van der Waals surface area contributed by atoms with Crippen LogP contribution in [0.25, 0.3) is 0 Å². The zero-order chi connectivity index (χ0) is 23.7. The molecule has 3 rings (SSSR count). The first-order chi connectivity index (χ1) is 14.8. The summed E-state index contributed by atoms with van der Waals surface area (Å²) < 4.78 is 32.3. The van der Waals surface area contributed by atoms with E-state index >= 15 is 0 Å². The van der Waals surface area contributed by atoms with Gasteiger partial charge in [-0.25, -0.2) is 8.42 Å². The monoisotopic (exact) mass is 458 g/mol. The third-order valence-corrected chi connectivity index (χ3v) is 6.82. The van der Waals surface area contributed by atoms with Gasteiger partial charge in [0.15, 0.2) is 0 Å². The molecule has 0 bridgehead atoms. The van der Waals surface area contributed by atoms with Crippen LogP contribution in [0, 0.1) is 20.8 Å². The number of hydrogen-bond donors (Lipinski definition) is 1. The van der Waals surface area contributed by atoms with Gasteiger partial charge in [-0.2, -0.15) is 0 Å². The molecule has 2 aromatic rings. The minimum absolute atomic E-state index is 0.0897. The predicted octanol–water partition coefficient (Wildman–Crippen LogP) is 4.58. The number of hydrogen-bond acceptors (Lipinski definition) is 4. The van der Waals surface area contributed by atoms with Crippen molar-refractivity contribution in [3.8, 4) is 5.75 Å². The van der Waals surface area contributed by atoms with Gasteiger partial charge in [-0.05, 0) is 75.9 Å². The fourth-order valence-electron chi connectivity index (χ4n) is 4.32. The van der Waals surface area contributed by atoms with Crippen LogP contribution in [0.15, 0.2) is 36.4 Å². The zero-order valence-electron chi connectivity index (χ0n) is 19.9. The van der Waals surface area contributed by atoms with Crippen LogP contribution < -0.4 is 14.4 Å². The van der Waals surface area contributed by atoms with Gasteiger partial charge in [0.25, 0.3) is 0 Å². The van der Waals surface area contributed by atoms with Crippen molar-refractivity contribution in [1.29, 1.82) is 0 Å². The molecule has 0 spiro atoms. The number of aryl methyl sites for hydroxylation is 3. The maximum absolute atomic E-state index is 12.8. The topological polar surface area (TPSA) is 75.7 Å². The number of nitrogens with one attached hydrogen (secondary N) is 1. The quantitative estimate of drug-likeness (QED) is 0.659. The first kappa shape index (κ1) is 24.1. The van der Waals surface area contributed by atoms with Crippen molar-refractivity contribution in [2.75, 3.05) is 17.1 Å². The van der Waals surface area contributed by atoms with E-state index in [0.29, 0.717) is 18.5 Å². The summed E-state index contributed by atoms with van der Waals surface area (Å²) in [6.45, 7) is 10.2. The first-order valence-electron chi connectivity index (χ1n) is 11.0. The Labute approximate surface area is 192 Å². The second-order valence-corrected chi connectivity index (χ2v) is 11.4. The molecule has 1 heterocycles. The maximum Gasteiger partial charge on any atom is 0.232 e. The van der Waals surface area contributed by atoms with Gasteiger partial charge >= 0.3 is 0 Å². The lowest BCUT2D eigenvalue weighted by molar-refractivity contribution is -0.122. The molecular formula is C25H34N2O4S. The summed E-state index contributed by atoms with van der Waals surface area (Å²) in [6, 6.07) is 11.6. The molecule has 0 saturated heterocycles. The molecule has 32 heavy (non-hydrogen) atoms. The number of rotatable bonds is 7. The van der Waals surface area contributed by atoms with Crippen molar-refractivity contribution in [1.82, 2.24) is 5.32 Å². The van der Waals surface area contributed by atoms with Crippen LogP contribution in [0.4, 0.5) is 5.69 Å². The predicted molar refractivity (Wildman–Crippen MR) is 129 cm³/mol. The summed E-state index contributed by atoms with van der Waals surface area (Å²) in [6.07, 6.45) is 2.55. The Hall–Kier alpha value is -2.54. The molecule has 1 aliphatic rings. The molecule has 1 N–H and O–H groups in total. The standard InChI is InChI=1S/C25H34N2O4S/c1-17-9-10-21-22(16-25(4,5)31-23(21)15-17)26-24(28)8-7-11-27(32(6,29)30)20-13-18(2)12-19(3)14-20/h9-10,12-15,22H,7-8,11,16H2,1-6H3,(H,26,28)/t22-/m1/s1. The number of nitrogens with zero attached hydrogens (tertiary/aromatic N) is 1. The SMILES string of the molecule is Cc1cc(C)cc(N(CCCC(=O)N[C@@H]2CC(C)(C)Oc3cc(C)ccc32)S(C)(=O)=O)c1. The minimum atomic E-state index is -3.45. The molecule has 0 unspecified atom stereocenters. The van der Waals surface area contributed by atoms with Gasteiger partial charge in [0.05, 0.1) is 18.0 Å². The number of fused-ring (bicyclic) bond motifs is 1. The van der Waals surface area contributed by atoms with E-state index in [1.807, 2.05) is 71.0 Å². The molecule has 174 valence electrons. The summed E-state index contributed by atoms with van der Waals surface area (Å²) in [5.74, 6) is 0.720. The Kier molecular flexibility index (Phi) is 6.89. The Morgan fingerprint density at radius 1 is 1.09 bits per heavy atom. The summed E-state index contributed by atoms with van der Waals surface area (Å²) in [4.78, 5) is 12.8. The van der Waals surface area contributed by atoms with Crippen molar-refractivity contribution in [3.05, 3.63) is 58.7 Å². The van der Waals surface area contributed by atoms with Gasteiger partial charge in [0.2, 0.25) is 15.9 Å². The molecule has 0 fully saturated rings. The molecular weight excluding hydrogens is 424 g/mol. The van der Waals surface area contributed by atoms with Crippen LogP contribution in [0.3, 0.4) is 0 Å². The van der Waals surface area contributed by atoms with Gasteiger partial charge in [-0.15, -0.1) is 0 Å². The maximum atomic E-state index is 12.8. The lowest BCUT2D eigenvalue weighted by Crippen LogP contribution is -2.41. The fourth-order valence-corrected chi connectivity index (χ4v) is 5.27. The first-order valence-corrected chi connectivity index (χ1v) is 12.8. The van der Waals surface area contributed by atoms with Crippen LogP contribution in [-0.2, 0) is 14.8 Å². The van der Waals surface area contributed by atoms with Crippen molar-refractivity contribution in [2.45, 2.75) is 65.5 Å². The van der Waals surface area contributed by atoms with E-state index in [1.165, 1.54) is 10.6 Å². The van der Waals surface area contributed by atoms with Gasteiger partial charge in [-0.1, -0.05) is 18.2 Å². The van der Waals surface area contributed by atoms with Crippen LogP contribution in [0.2, 0.25) is 0 Å². The van der Waals surface area contributed by atoms with E-state index in [0.717, 1.165) is 28.0 Å². The number of benzene rings is 2. The third kappa shape index (κ3) is 6.03. The molecule has 1 aliphatic heterocycles. The van der Waals surface area contributed by atoms with Crippen LogP contribution in [0.1, 0.15) is 61.4 Å². The highest BCUT2D eigenvalue weighted by Gasteiger charge is 2.34. The number of anilines is 1. The summed E-state index contributed by atoms with van der Waals surface area (Å²) in [7, 11) is -3.45. The highest BCUT2D eigenvalue weighted by atomic mass is 32.2. The molecule has 1 amide bonds. The molecule has 0 saturated carbocycles. The number of carbonyl (C=O) groups is 1. The second-order valence-electron chi connectivity index (χ2n) is 9.51. The average Bonchev–Trinajstić information content (AvgIpc) is 2.62. The smallest absolute Gasteiger partial charge is 0.232 e.